The normalized spacial score (nSPS) is 11.4. The van der Waals surface area contributed by atoms with Gasteiger partial charge in [-0.1, -0.05) is 18.3 Å². The summed E-state index contributed by atoms with van der Waals surface area (Å²) >= 11 is 1.29. The maximum Gasteiger partial charge on any atom is 0.240 e. The van der Waals surface area contributed by atoms with Gasteiger partial charge in [0.25, 0.3) is 0 Å². The molecule has 1 aromatic heterocycles. The molecule has 10 heteroatoms. The molecule has 0 atom stereocenters. The Morgan fingerprint density at radius 2 is 1.96 bits per heavy atom. The van der Waals surface area contributed by atoms with Crippen LogP contribution in [0.25, 0.3) is 0 Å². The lowest BCUT2D eigenvalue weighted by Crippen LogP contribution is -2.27. The molecule has 0 saturated carbocycles. The molecule has 2 aromatic rings. The molecule has 2 N–H and O–H groups in total. The van der Waals surface area contributed by atoms with Crippen molar-refractivity contribution in [1.82, 2.24) is 14.9 Å². The lowest BCUT2D eigenvalue weighted by Gasteiger charge is -2.06. The molecule has 1 heterocycles. The van der Waals surface area contributed by atoms with Gasteiger partial charge >= 0.3 is 0 Å². The third kappa shape index (κ3) is 5.32. The van der Waals surface area contributed by atoms with Crippen LogP contribution in [0.2, 0.25) is 0 Å². The van der Waals surface area contributed by atoms with E-state index in [0.29, 0.717) is 5.13 Å². The Morgan fingerprint density at radius 1 is 1.25 bits per heavy atom. The summed E-state index contributed by atoms with van der Waals surface area (Å²) in [6.07, 6.45) is 1.68. The van der Waals surface area contributed by atoms with Crippen molar-refractivity contribution in [3.8, 4) is 0 Å². The highest BCUT2D eigenvalue weighted by Crippen LogP contribution is 2.16. The second kappa shape index (κ2) is 8.27. The fourth-order valence-corrected chi connectivity index (χ4v) is 3.69. The van der Waals surface area contributed by atoms with E-state index in [1.54, 1.807) is 0 Å². The van der Waals surface area contributed by atoms with Crippen LogP contribution >= 0.6 is 11.3 Å². The number of rotatable bonds is 8. The number of hydrogen-bond donors (Lipinski definition) is 2. The van der Waals surface area contributed by atoms with E-state index in [1.165, 1.54) is 11.3 Å². The fraction of sp³-hybridized carbons (Fsp3) is 0.357. The van der Waals surface area contributed by atoms with E-state index >= 15 is 0 Å². The van der Waals surface area contributed by atoms with Crippen molar-refractivity contribution in [3.63, 3.8) is 0 Å². The molecule has 1 amide bonds. The van der Waals surface area contributed by atoms with Gasteiger partial charge in [0.15, 0.2) is 0 Å². The fourth-order valence-electron chi connectivity index (χ4n) is 1.80. The van der Waals surface area contributed by atoms with Crippen molar-refractivity contribution in [2.45, 2.75) is 31.1 Å². The number of aryl methyl sites for hydroxylation is 1. The van der Waals surface area contributed by atoms with Crippen molar-refractivity contribution in [2.24, 2.45) is 0 Å². The number of halogens is 1. The van der Waals surface area contributed by atoms with Crippen molar-refractivity contribution < 1.29 is 17.6 Å². The molecular weight excluding hydrogens is 355 g/mol. The molecule has 0 unspecified atom stereocenters. The lowest BCUT2D eigenvalue weighted by atomic mass is 10.4. The first-order valence-electron chi connectivity index (χ1n) is 7.28. The maximum absolute atomic E-state index is 12.8. The first-order chi connectivity index (χ1) is 11.4. The molecule has 0 saturated heterocycles. The maximum atomic E-state index is 12.8. The molecule has 130 valence electrons. The van der Waals surface area contributed by atoms with Gasteiger partial charge in [-0.2, -0.15) is 0 Å². The number of carbonyl (C=O) groups excluding carboxylic acids is 1. The average molecular weight is 372 g/mol. The summed E-state index contributed by atoms with van der Waals surface area (Å²) in [5.41, 5.74) is 0. The number of nitrogens with zero attached hydrogens (tertiary/aromatic N) is 2. The Morgan fingerprint density at radius 3 is 2.62 bits per heavy atom. The zero-order valence-electron chi connectivity index (χ0n) is 13.0. The summed E-state index contributed by atoms with van der Waals surface area (Å²) < 4.78 is 39.1. The zero-order chi connectivity index (χ0) is 17.6. The van der Waals surface area contributed by atoms with Gasteiger partial charge in [0.05, 0.1) is 4.90 Å². The lowest BCUT2D eigenvalue weighted by molar-refractivity contribution is -0.116. The van der Waals surface area contributed by atoms with Crippen LogP contribution in [-0.4, -0.2) is 31.1 Å². The Kier molecular flexibility index (Phi) is 6.35. The van der Waals surface area contributed by atoms with Crippen molar-refractivity contribution >= 4 is 32.4 Å². The van der Waals surface area contributed by atoms with Gasteiger partial charge in [0, 0.05) is 19.4 Å². The standard InChI is InChI=1S/C14H17FN4O3S2/c1-2-3-13-18-19-14(23-13)17-12(20)8-9-16-24(21,22)11-6-4-10(15)5-7-11/h4-7,16H,2-3,8-9H2,1H3,(H,17,19,20). The third-order valence-corrected chi connectivity index (χ3v) is 5.32. The van der Waals surface area contributed by atoms with Gasteiger partial charge in [0.1, 0.15) is 10.8 Å². The Hall–Kier alpha value is -1.91. The predicted octanol–water partition coefficient (Wildman–Crippen LogP) is 1.94. The topological polar surface area (TPSA) is 101 Å². The monoisotopic (exact) mass is 372 g/mol. The quantitative estimate of drug-likeness (QED) is 0.737. The summed E-state index contributed by atoms with van der Waals surface area (Å²) in [6.45, 7) is 1.94. The van der Waals surface area contributed by atoms with Crippen molar-refractivity contribution in [3.05, 3.63) is 35.1 Å². The second-order valence-corrected chi connectivity index (χ2v) is 7.73. The van der Waals surface area contributed by atoms with Crippen LogP contribution in [0, 0.1) is 5.82 Å². The SMILES string of the molecule is CCCc1nnc(NC(=O)CCNS(=O)(=O)c2ccc(F)cc2)s1. The van der Waals surface area contributed by atoms with Gasteiger partial charge in [-0.3, -0.25) is 4.79 Å². The van der Waals surface area contributed by atoms with E-state index in [1.807, 2.05) is 6.92 Å². The third-order valence-electron chi connectivity index (χ3n) is 2.95. The molecule has 0 bridgehead atoms. The number of aromatic nitrogens is 2. The summed E-state index contributed by atoms with van der Waals surface area (Å²) in [6, 6.07) is 4.44. The molecule has 0 aliphatic carbocycles. The summed E-state index contributed by atoms with van der Waals surface area (Å²) in [5.74, 6) is -0.885. The van der Waals surface area contributed by atoms with Crippen LogP contribution in [0.15, 0.2) is 29.2 Å². The van der Waals surface area contributed by atoms with Gasteiger partial charge in [-0.25, -0.2) is 17.5 Å². The van der Waals surface area contributed by atoms with Crippen molar-refractivity contribution in [2.75, 3.05) is 11.9 Å². The highest BCUT2D eigenvalue weighted by molar-refractivity contribution is 7.89. The zero-order valence-corrected chi connectivity index (χ0v) is 14.6. The summed E-state index contributed by atoms with van der Waals surface area (Å²) in [7, 11) is -3.77. The van der Waals surface area contributed by atoms with E-state index in [9.17, 15) is 17.6 Å². The van der Waals surface area contributed by atoms with E-state index in [0.717, 1.165) is 42.1 Å². The van der Waals surface area contributed by atoms with Gasteiger partial charge < -0.3 is 5.32 Å². The minimum atomic E-state index is -3.77. The molecule has 0 fully saturated rings. The minimum Gasteiger partial charge on any atom is -0.300 e. The van der Waals surface area contributed by atoms with Crippen LogP contribution in [0.1, 0.15) is 24.8 Å². The molecule has 0 radical (unpaired) electrons. The number of amides is 1. The highest BCUT2D eigenvalue weighted by Gasteiger charge is 2.14. The van der Waals surface area contributed by atoms with E-state index < -0.39 is 15.8 Å². The summed E-state index contributed by atoms with van der Waals surface area (Å²) in [4.78, 5) is 11.7. The molecule has 2 rings (SSSR count). The first-order valence-corrected chi connectivity index (χ1v) is 9.58. The number of hydrogen-bond acceptors (Lipinski definition) is 6. The van der Waals surface area contributed by atoms with Crippen LogP contribution in [0.4, 0.5) is 9.52 Å². The molecule has 0 aliphatic rings. The number of sulfonamides is 1. The largest absolute Gasteiger partial charge is 0.300 e. The van der Waals surface area contributed by atoms with Gasteiger partial charge in [-0.05, 0) is 30.7 Å². The number of carbonyl (C=O) groups is 1. The van der Waals surface area contributed by atoms with Crippen LogP contribution < -0.4 is 10.0 Å². The van der Waals surface area contributed by atoms with Crippen LogP contribution in [0.5, 0.6) is 0 Å². The molecular formula is C14H17FN4O3S2. The Labute approximate surface area is 143 Å². The molecule has 1 aromatic carbocycles. The minimum absolute atomic E-state index is 0.0525. The van der Waals surface area contributed by atoms with Crippen LogP contribution in [0.3, 0.4) is 0 Å². The summed E-state index contributed by atoms with van der Waals surface area (Å²) in [5, 5.41) is 11.6. The number of anilines is 1. The first kappa shape index (κ1) is 18.4. The predicted molar refractivity (Wildman–Crippen MR) is 88.7 cm³/mol. The van der Waals surface area contributed by atoms with E-state index in [-0.39, 0.29) is 23.8 Å². The smallest absolute Gasteiger partial charge is 0.240 e. The highest BCUT2D eigenvalue weighted by atomic mass is 32.2. The molecule has 0 spiro atoms. The van der Waals surface area contributed by atoms with E-state index in [2.05, 4.69) is 20.2 Å². The Balaban J connectivity index is 1.82. The average Bonchev–Trinajstić information content (AvgIpc) is 2.95. The van der Waals surface area contributed by atoms with Crippen molar-refractivity contribution in [1.29, 1.82) is 0 Å². The number of benzene rings is 1. The van der Waals surface area contributed by atoms with E-state index in [4.69, 9.17) is 0 Å². The molecule has 7 nitrogen and oxygen atoms in total. The molecule has 24 heavy (non-hydrogen) atoms. The van der Waals surface area contributed by atoms with Gasteiger partial charge in [0.2, 0.25) is 21.1 Å². The van der Waals surface area contributed by atoms with Gasteiger partial charge in [-0.15, -0.1) is 10.2 Å². The number of nitrogens with one attached hydrogen (secondary N) is 2. The second-order valence-electron chi connectivity index (χ2n) is 4.90. The van der Waals surface area contributed by atoms with Crippen LogP contribution in [-0.2, 0) is 21.2 Å². The Bertz CT molecular complexity index is 791. The molecule has 0 aliphatic heterocycles.